The van der Waals surface area contributed by atoms with Crippen LogP contribution in [0.4, 0.5) is 0 Å². The van der Waals surface area contributed by atoms with Gasteiger partial charge in [0.15, 0.2) is 9.84 Å². The monoisotopic (exact) mass is 225 g/mol. The zero-order valence-electron chi connectivity index (χ0n) is 8.00. The molecular formula is C8H8BNO4S. The largest absolute Gasteiger partial charge is 0.540 e. The molecule has 0 aromatic carbocycles. The van der Waals surface area contributed by atoms with Gasteiger partial charge in [0.1, 0.15) is 0 Å². The number of hydrogen-bond donors (Lipinski definition) is 0. The van der Waals surface area contributed by atoms with Gasteiger partial charge in [-0.05, 0) is 12.1 Å². The maximum absolute atomic E-state index is 11.0. The molecule has 0 bridgehead atoms. The van der Waals surface area contributed by atoms with Crippen LogP contribution in [-0.2, 0) is 20.2 Å². The molecule has 0 N–H and O–H groups in total. The third-order valence-electron chi connectivity index (χ3n) is 1.57. The Morgan fingerprint density at radius 2 is 2.27 bits per heavy atom. The highest BCUT2D eigenvalue weighted by Gasteiger charge is 2.09. The van der Waals surface area contributed by atoms with E-state index in [9.17, 15) is 13.2 Å². The average Bonchev–Trinajstić information content (AvgIpc) is 2.14. The summed E-state index contributed by atoms with van der Waals surface area (Å²) in [5, 5.41) is 0. The minimum absolute atomic E-state index is 0.172. The second kappa shape index (κ2) is 4.44. The molecular weight excluding hydrogens is 217 g/mol. The average molecular weight is 225 g/mol. The van der Waals surface area contributed by atoms with Gasteiger partial charge in [0.05, 0.1) is 17.0 Å². The summed E-state index contributed by atoms with van der Waals surface area (Å²) in [6, 6.07) is 2.72. The molecule has 1 aromatic heterocycles. The fourth-order valence-corrected chi connectivity index (χ4v) is 1.72. The van der Waals surface area contributed by atoms with Gasteiger partial charge in [-0.2, -0.15) is 0 Å². The second-order valence-electron chi connectivity index (χ2n) is 3.01. The van der Waals surface area contributed by atoms with E-state index in [0.29, 0.717) is 0 Å². The van der Waals surface area contributed by atoms with Crippen molar-refractivity contribution in [3.63, 3.8) is 0 Å². The van der Waals surface area contributed by atoms with Crippen molar-refractivity contribution in [2.75, 3.05) is 6.26 Å². The van der Waals surface area contributed by atoms with E-state index in [-0.39, 0.29) is 17.0 Å². The van der Waals surface area contributed by atoms with Crippen LogP contribution in [-0.4, -0.2) is 33.7 Å². The molecule has 0 aliphatic carbocycles. The molecule has 1 rings (SSSR count). The lowest BCUT2D eigenvalue weighted by atomic mass is 10.2. The standard InChI is InChI=1S/C8H8BNO4S/c1-15(12,13)5-7-4-6(2-3-10-7)8(11)14-9/h2-4H,5H2,1H3. The van der Waals surface area contributed by atoms with Crippen molar-refractivity contribution >= 4 is 23.9 Å². The van der Waals surface area contributed by atoms with Crippen LogP contribution in [0.25, 0.3) is 0 Å². The van der Waals surface area contributed by atoms with Gasteiger partial charge >= 0.3 is 14.0 Å². The number of rotatable bonds is 3. The molecule has 0 aliphatic heterocycles. The second-order valence-corrected chi connectivity index (χ2v) is 5.15. The molecule has 78 valence electrons. The Labute approximate surface area is 88.8 Å². The summed E-state index contributed by atoms with van der Waals surface area (Å²) in [6.07, 6.45) is 2.41. The van der Waals surface area contributed by atoms with Crippen LogP contribution in [0.2, 0.25) is 0 Å². The van der Waals surface area contributed by atoms with Gasteiger partial charge in [-0.1, -0.05) is 0 Å². The Morgan fingerprint density at radius 1 is 1.60 bits per heavy atom. The Kier molecular flexibility index (Phi) is 3.46. The number of aromatic nitrogens is 1. The van der Waals surface area contributed by atoms with Crippen LogP contribution in [0.5, 0.6) is 0 Å². The maximum atomic E-state index is 11.0. The van der Waals surface area contributed by atoms with Gasteiger partial charge in [0.2, 0.25) is 0 Å². The lowest BCUT2D eigenvalue weighted by molar-refractivity contribution is 0.0749. The zero-order valence-corrected chi connectivity index (χ0v) is 8.82. The molecule has 5 nitrogen and oxygen atoms in total. The molecule has 0 atom stereocenters. The molecule has 1 heterocycles. The van der Waals surface area contributed by atoms with Crippen LogP contribution in [0.1, 0.15) is 16.1 Å². The predicted octanol–water partition coefficient (Wildman–Crippen LogP) is -0.133. The van der Waals surface area contributed by atoms with Crippen molar-refractivity contribution in [3.8, 4) is 0 Å². The van der Waals surface area contributed by atoms with Crippen molar-refractivity contribution in [2.24, 2.45) is 0 Å². The van der Waals surface area contributed by atoms with Gasteiger partial charge in [-0.15, -0.1) is 0 Å². The van der Waals surface area contributed by atoms with E-state index in [1.807, 2.05) is 0 Å². The lowest BCUT2D eigenvalue weighted by Crippen LogP contribution is -2.06. The number of pyridine rings is 1. The summed E-state index contributed by atoms with van der Waals surface area (Å²) in [4.78, 5) is 14.8. The van der Waals surface area contributed by atoms with E-state index in [0.717, 1.165) is 6.26 Å². The van der Waals surface area contributed by atoms with Crippen molar-refractivity contribution in [3.05, 3.63) is 29.6 Å². The first-order valence-electron chi connectivity index (χ1n) is 3.96. The molecule has 1 aromatic rings. The van der Waals surface area contributed by atoms with Crippen molar-refractivity contribution in [2.45, 2.75) is 5.75 Å². The van der Waals surface area contributed by atoms with Crippen LogP contribution < -0.4 is 0 Å². The molecule has 0 unspecified atom stereocenters. The van der Waals surface area contributed by atoms with Gasteiger partial charge in [0.25, 0.3) is 0 Å². The van der Waals surface area contributed by atoms with Crippen LogP contribution in [0.15, 0.2) is 18.3 Å². The fourth-order valence-electron chi connectivity index (χ4n) is 1.02. The van der Waals surface area contributed by atoms with Crippen molar-refractivity contribution in [1.82, 2.24) is 4.98 Å². The van der Waals surface area contributed by atoms with E-state index in [1.165, 1.54) is 18.3 Å². The fraction of sp³-hybridized carbons (Fsp3) is 0.250. The highest BCUT2D eigenvalue weighted by Crippen LogP contribution is 2.06. The zero-order chi connectivity index (χ0) is 11.5. The lowest BCUT2D eigenvalue weighted by Gasteiger charge is -2.02. The Morgan fingerprint density at radius 3 is 2.80 bits per heavy atom. The van der Waals surface area contributed by atoms with E-state index in [1.54, 1.807) is 0 Å². The molecule has 0 spiro atoms. The SMILES string of the molecule is [B]OC(=O)c1ccnc(CS(C)(=O)=O)c1. The molecule has 0 aliphatic rings. The van der Waals surface area contributed by atoms with E-state index in [4.69, 9.17) is 8.05 Å². The van der Waals surface area contributed by atoms with E-state index < -0.39 is 15.8 Å². The summed E-state index contributed by atoms with van der Waals surface area (Å²) < 4.78 is 25.9. The normalized spacial score (nSPS) is 11.0. The first-order chi connectivity index (χ1) is 6.92. The minimum atomic E-state index is -3.17. The molecule has 0 saturated carbocycles. The number of carbonyl (C=O) groups is 1. The summed E-state index contributed by atoms with van der Waals surface area (Å²) in [5.74, 6) is -0.953. The van der Waals surface area contributed by atoms with Gasteiger partial charge in [0, 0.05) is 12.5 Å². The highest BCUT2D eigenvalue weighted by molar-refractivity contribution is 7.89. The summed E-state index contributed by atoms with van der Waals surface area (Å²) in [7, 11) is 1.52. The molecule has 2 radical (unpaired) electrons. The summed E-state index contributed by atoms with van der Waals surface area (Å²) in [6.45, 7) is 0. The predicted molar refractivity (Wildman–Crippen MR) is 54.0 cm³/mol. The Hall–Kier alpha value is -1.37. The van der Waals surface area contributed by atoms with Gasteiger partial charge in [-0.25, -0.2) is 13.2 Å². The first kappa shape index (κ1) is 11.7. The summed E-state index contributed by atoms with van der Waals surface area (Å²) >= 11 is 0. The Balaban J connectivity index is 2.98. The van der Waals surface area contributed by atoms with Gasteiger partial charge < -0.3 is 4.65 Å². The van der Waals surface area contributed by atoms with E-state index in [2.05, 4.69) is 9.64 Å². The number of sulfone groups is 1. The van der Waals surface area contributed by atoms with Crippen LogP contribution in [0.3, 0.4) is 0 Å². The molecule has 7 heteroatoms. The summed E-state index contributed by atoms with van der Waals surface area (Å²) in [5.41, 5.74) is 0.451. The molecule has 0 saturated heterocycles. The van der Waals surface area contributed by atoms with Crippen LogP contribution in [0, 0.1) is 0 Å². The van der Waals surface area contributed by atoms with E-state index >= 15 is 0 Å². The maximum Gasteiger partial charge on any atom is 0.378 e. The van der Waals surface area contributed by atoms with Crippen molar-refractivity contribution in [1.29, 1.82) is 0 Å². The van der Waals surface area contributed by atoms with Gasteiger partial charge in [-0.3, -0.25) is 4.98 Å². The van der Waals surface area contributed by atoms with Crippen LogP contribution >= 0.6 is 0 Å². The molecule has 0 amide bonds. The smallest absolute Gasteiger partial charge is 0.378 e. The number of carbonyl (C=O) groups excluding carboxylic acids is 1. The third kappa shape index (κ3) is 3.71. The third-order valence-corrected chi connectivity index (χ3v) is 2.39. The number of hydrogen-bond acceptors (Lipinski definition) is 5. The highest BCUT2D eigenvalue weighted by atomic mass is 32.2. The van der Waals surface area contributed by atoms with Crippen molar-refractivity contribution < 1.29 is 17.9 Å². The first-order valence-corrected chi connectivity index (χ1v) is 6.02. The number of nitrogens with zero attached hydrogens (tertiary/aromatic N) is 1. The molecule has 15 heavy (non-hydrogen) atoms. The quantitative estimate of drug-likeness (QED) is 0.669. The minimum Gasteiger partial charge on any atom is -0.540 e. The topological polar surface area (TPSA) is 73.3 Å². The molecule has 0 fully saturated rings. The Bertz CT molecular complexity index is 471.